The van der Waals surface area contributed by atoms with Gasteiger partial charge in [0.25, 0.3) is 0 Å². The molecular weight excluding hydrogens is 406 g/mol. The van der Waals surface area contributed by atoms with Crippen LogP contribution in [0.3, 0.4) is 0 Å². The monoisotopic (exact) mass is 431 g/mol. The minimum absolute atomic E-state index is 0.318. The fourth-order valence-corrected chi connectivity index (χ4v) is 4.91. The topological polar surface area (TPSA) is 90.6 Å². The number of thioether (sulfide) groups is 1. The third-order valence-electron chi connectivity index (χ3n) is 4.62. The maximum absolute atomic E-state index is 5.61. The van der Waals surface area contributed by atoms with Crippen LogP contribution in [0.5, 0.6) is 0 Å². The second-order valence-electron chi connectivity index (χ2n) is 6.87. The highest BCUT2D eigenvalue weighted by atomic mass is 32.2. The van der Waals surface area contributed by atoms with Gasteiger partial charge in [-0.2, -0.15) is 4.80 Å². The molecule has 1 aromatic carbocycles. The lowest BCUT2D eigenvalue weighted by molar-refractivity contribution is 0.120. The summed E-state index contributed by atoms with van der Waals surface area (Å²) in [6, 6.07) is 9.94. The van der Waals surface area contributed by atoms with Gasteiger partial charge in [-0.3, -0.25) is 0 Å². The first-order valence-corrected chi connectivity index (χ1v) is 11.8. The van der Waals surface area contributed by atoms with Crippen LogP contribution >= 0.6 is 23.1 Å². The van der Waals surface area contributed by atoms with Gasteiger partial charge in [0.15, 0.2) is 4.34 Å². The van der Waals surface area contributed by atoms with Crippen molar-refractivity contribution < 1.29 is 4.74 Å². The van der Waals surface area contributed by atoms with Crippen molar-refractivity contribution in [2.24, 2.45) is 0 Å². The summed E-state index contributed by atoms with van der Waals surface area (Å²) in [5.41, 5.74) is 0.997. The minimum Gasteiger partial charge on any atom is -0.376 e. The number of aryl methyl sites for hydroxylation is 1. The molecule has 1 atom stereocenters. The Bertz CT molecular complexity index is 864. The van der Waals surface area contributed by atoms with Crippen LogP contribution < -0.4 is 5.32 Å². The lowest BCUT2D eigenvalue weighted by atomic mass is 10.2. The van der Waals surface area contributed by atoms with Crippen molar-refractivity contribution in [3.05, 3.63) is 30.3 Å². The molecule has 1 saturated heterocycles. The summed E-state index contributed by atoms with van der Waals surface area (Å²) in [4.78, 5) is 1.69. The van der Waals surface area contributed by atoms with E-state index in [0.29, 0.717) is 11.9 Å². The highest BCUT2D eigenvalue weighted by molar-refractivity contribution is 8.01. The molecule has 1 fully saturated rings. The van der Waals surface area contributed by atoms with E-state index >= 15 is 0 Å². The summed E-state index contributed by atoms with van der Waals surface area (Å²) < 4.78 is 6.63. The zero-order valence-electron chi connectivity index (χ0n) is 16.2. The summed E-state index contributed by atoms with van der Waals surface area (Å²) in [6.07, 6.45) is 5.89. The van der Waals surface area contributed by atoms with Crippen molar-refractivity contribution in [2.75, 3.05) is 24.2 Å². The number of nitrogens with one attached hydrogen (secondary N) is 1. The van der Waals surface area contributed by atoms with E-state index in [4.69, 9.17) is 4.74 Å². The molecule has 1 unspecified atom stereocenters. The quantitative estimate of drug-likeness (QED) is 0.363. The summed E-state index contributed by atoms with van der Waals surface area (Å²) >= 11 is 3.39. The van der Waals surface area contributed by atoms with Crippen molar-refractivity contribution in [2.45, 2.75) is 49.1 Å². The van der Waals surface area contributed by atoms with Gasteiger partial charge in [-0.05, 0) is 30.9 Å². The number of tetrazole rings is 1. The van der Waals surface area contributed by atoms with Gasteiger partial charge in [0, 0.05) is 24.5 Å². The van der Waals surface area contributed by atoms with Crippen LogP contribution in [0.1, 0.15) is 32.1 Å². The molecule has 4 rings (SSSR count). The first-order chi connectivity index (χ1) is 14.4. The summed E-state index contributed by atoms with van der Waals surface area (Å²) in [5.74, 6) is 1.72. The third-order valence-corrected chi connectivity index (χ3v) is 6.72. The second-order valence-corrected chi connectivity index (χ2v) is 9.19. The molecule has 3 aromatic rings. The third kappa shape index (κ3) is 6.22. The second kappa shape index (κ2) is 10.7. The van der Waals surface area contributed by atoms with E-state index in [2.05, 4.69) is 30.9 Å². The van der Waals surface area contributed by atoms with Crippen LogP contribution in [-0.4, -0.2) is 55.4 Å². The molecule has 3 heterocycles. The number of ether oxygens (including phenoxy) is 1. The smallest absolute Gasteiger partial charge is 0.206 e. The highest BCUT2D eigenvalue weighted by Gasteiger charge is 2.15. The Morgan fingerprint density at radius 1 is 1.14 bits per heavy atom. The zero-order valence-corrected chi connectivity index (χ0v) is 17.9. The van der Waals surface area contributed by atoms with E-state index in [1.165, 1.54) is 0 Å². The summed E-state index contributed by atoms with van der Waals surface area (Å²) in [5, 5.41) is 25.4. The number of nitrogens with zero attached hydrogens (tertiary/aromatic N) is 6. The minimum atomic E-state index is 0.318. The number of aromatic nitrogens is 6. The van der Waals surface area contributed by atoms with E-state index in [1.807, 2.05) is 30.3 Å². The number of anilines is 1. The van der Waals surface area contributed by atoms with Crippen LogP contribution in [0.15, 0.2) is 34.7 Å². The van der Waals surface area contributed by atoms with Crippen LogP contribution in [0.2, 0.25) is 0 Å². The van der Waals surface area contributed by atoms with Crippen molar-refractivity contribution >= 4 is 28.2 Å². The van der Waals surface area contributed by atoms with Crippen LogP contribution in [-0.2, 0) is 11.3 Å². The molecule has 1 aliphatic heterocycles. The van der Waals surface area contributed by atoms with Gasteiger partial charge in [-0.25, -0.2) is 0 Å². The lowest BCUT2D eigenvalue weighted by Gasteiger charge is -2.08. The highest BCUT2D eigenvalue weighted by Crippen LogP contribution is 2.26. The SMILES string of the molecule is c1ccc(-c2nnn(CCCCCSc3nnc(NCC4CCCO4)s3)n2)cc1. The molecule has 1 N–H and O–H groups in total. The number of benzene rings is 1. The average Bonchev–Trinajstić information content (AvgIpc) is 3.52. The van der Waals surface area contributed by atoms with Crippen molar-refractivity contribution in [1.29, 1.82) is 0 Å². The molecule has 0 bridgehead atoms. The maximum atomic E-state index is 5.61. The van der Waals surface area contributed by atoms with E-state index in [9.17, 15) is 0 Å². The predicted octanol–water partition coefficient (Wildman–Crippen LogP) is 3.75. The Kier molecular flexibility index (Phi) is 7.44. The standard InChI is InChI=1S/C19H25N7OS2/c1-3-8-15(9-4-1)17-21-25-26(24-17)11-5-2-6-13-28-19-23-22-18(29-19)20-14-16-10-7-12-27-16/h1,3-4,8-9,16H,2,5-7,10-14H2,(H,20,22). The molecule has 1 aliphatic rings. The fourth-order valence-electron chi connectivity index (χ4n) is 3.08. The Labute approximate surface area is 178 Å². The Morgan fingerprint density at radius 3 is 2.93 bits per heavy atom. The number of hydrogen-bond acceptors (Lipinski definition) is 9. The zero-order chi connectivity index (χ0) is 19.7. The van der Waals surface area contributed by atoms with Gasteiger partial charge in [-0.1, -0.05) is 59.9 Å². The molecule has 29 heavy (non-hydrogen) atoms. The van der Waals surface area contributed by atoms with Crippen LogP contribution in [0.25, 0.3) is 11.4 Å². The molecule has 8 nitrogen and oxygen atoms in total. The predicted molar refractivity (Wildman–Crippen MR) is 115 cm³/mol. The number of hydrogen-bond donors (Lipinski definition) is 1. The lowest BCUT2D eigenvalue weighted by Crippen LogP contribution is -2.18. The molecule has 0 aliphatic carbocycles. The molecule has 154 valence electrons. The number of unbranched alkanes of at least 4 members (excludes halogenated alkanes) is 2. The van der Waals surface area contributed by atoms with Crippen molar-refractivity contribution in [3.63, 3.8) is 0 Å². The van der Waals surface area contributed by atoms with E-state index in [-0.39, 0.29) is 0 Å². The summed E-state index contributed by atoms with van der Waals surface area (Å²) in [7, 11) is 0. The van der Waals surface area contributed by atoms with Gasteiger partial charge < -0.3 is 10.1 Å². The fraction of sp³-hybridized carbons (Fsp3) is 0.526. The van der Waals surface area contributed by atoms with E-state index in [1.54, 1.807) is 27.9 Å². The molecule has 0 amide bonds. The molecule has 2 aromatic heterocycles. The van der Waals surface area contributed by atoms with E-state index < -0.39 is 0 Å². The van der Waals surface area contributed by atoms with Crippen molar-refractivity contribution in [3.8, 4) is 11.4 Å². The molecule has 0 radical (unpaired) electrons. The van der Waals surface area contributed by atoms with Gasteiger partial charge in [-0.15, -0.1) is 20.4 Å². The normalized spacial score (nSPS) is 16.3. The summed E-state index contributed by atoms with van der Waals surface area (Å²) in [6.45, 7) is 2.49. The van der Waals surface area contributed by atoms with E-state index in [0.717, 1.165) is 72.6 Å². The average molecular weight is 432 g/mol. The molecule has 10 heteroatoms. The molecule has 0 saturated carbocycles. The van der Waals surface area contributed by atoms with Gasteiger partial charge >= 0.3 is 0 Å². The van der Waals surface area contributed by atoms with Gasteiger partial charge in [0.1, 0.15) is 0 Å². The Morgan fingerprint density at radius 2 is 2.07 bits per heavy atom. The number of rotatable bonds is 11. The molecular formula is C19H25N7OS2. The maximum Gasteiger partial charge on any atom is 0.206 e. The first kappa shape index (κ1) is 20.2. The van der Waals surface area contributed by atoms with Gasteiger partial charge in [0.05, 0.1) is 12.6 Å². The molecule has 0 spiro atoms. The van der Waals surface area contributed by atoms with Crippen LogP contribution in [0.4, 0.5) is 5.13 Å². The first-order valence-electron chi connectivity index (χ1n) is 10.0. The van der Waals surface area contributed by atoms with Crippen molar-refractivity contribution in [1.82, 2.24) is 30.4 Å². The largest absolute Gasteiger partial charge is 0.376 e. The Hall–Kier alpha value is -2.04. The van der Waals surface area contributed by atoms with Crippen LogP contribution in [0, 0.1) is 0 Å². The van der Waals surface area contributed by atoms with Gasteiger partial charge in [0.2, 0.25) is 11.0 Å². The Balaban J connectivity index is 1.09.